The maximum atomic E-state index is 11.2. The van der Waals surface area contributed by atoms with Crippen LogP contribution in [0.4, 0.5) is 14.4 Å². The first-order valence-electron chi connectivity index (χ1n) is 11.2. The molecule has 35 heavy (non-hydrogen) atoms. The molecular weight excluding hydrogens is 484 g/mol. The molecule has 0 radical (unpaired) electrons. The lowest BCUT2D eigenvalue weighted by molar-refractivity contribution is -0.139. The second-order valence-corrected chi connectivity index (χ2v) is 10.1. The number of ketones is 1. The van der Waals surface area contributed by atoms with Crippen LogP contribution in [0.15, 0.2) is 0 Å². The SMILES string of the molecule is CC(C)COC(=O)Cl.CCC(=O)[C@H](C)NC(=O)OC(C)(C)C.C[C@H](NC(=O)OC(C)(C)C)C(=O)O. The Morgan fingerprint density at radius 3 is 1.40 bits per heavy atom. The zero-order valence-electron chi connectivity index (χ0n) is 22.7. The van der Waals surface area contributed by atoms with Crippen LogP contribution in [0.2, 0.25) is 0 Å². The summed E-state index contributed by atoms with van der Waals surface area (Å²) in [4.78, 5) is 53.5. The molecule has 3 N–H and O–H groups in total. The van der Waals surface area contributed by atoms with E-state index in [9.17, 15) is 24.0 Å². The van der Waals surface area contributed by atoms with E-state index < -0.39 is 46.9 Å². The molecule has 0 saturated carbocycles. The lowest BCUT2D eigenvalue weighted by Crippen LogP contribution is -2.41. The van der Waals surface area contributed by atoms with Gasteiger partial charge in [0.05, 0.1) is 12.6 Å². The predicted octanol–water partition coefficient (Wildman–Crippen LogP) is 4.88. The third-order valence-corrected chi connectivity index (χ3v) is 3.31. The summed E-state index contributed by atoms with van der Waals surface area (Å²) in [6.45, 7) is 19.5. The van der Waals surface area contributed by atoms with Crippen molar-refractivity contribution in [1.82, 2.24) is 10.6 Å². The Kier molecular flexibility index (Phi) is 18.8. The third-order valence-electron chi connectivity index (χ3n) is 3.20. The van der Waals surface area contributed by atoms with E-state index in [1.54, 1.807) is 55.4 Å². The molecule has 0 saturated heterocycles. The summed E-state index contributed by atoms with van der Waals surface area (Å²) in [6.07, 6.45) is -0.856. The molecule has 0 bridgehead atoms. The lowest BCUT2D eigenvalue weighted by atomic mass is 10.2. The highest BCUT2D eigenvalue weighted by Gasteiger charge is 2.21. The van der Waals surface area contributed by atoms with E-state index >= 15 is 0 Å². The number of rotatable bonds is 7. The first-order chi connectivity index (χ1) is 15.6. The number of carbonyl (C=O) groups excluding carboxylic acids is 4. The van der Waals surface area contributed by atoms with Gasteiger partial charge >= 0.3 is 23.6 Å². The van der Waals surface area contributed by atoms with Gasteiger partial charge in [0.2, 0.25) is 0 Å². The number of hydrogen-bond acceptors (Lipinski definition) is 8. The molecule has 2 amide bonds. The Morgan fingerprint density at radius 1 is 0.800 bits per heavy atom. The highest BCUT2D eigenvalue weighted by Crippen LogP contribution is 2.07. The van der Waals surface area contributed by atoms with Gasteiger partial charge in [-0.3, -0.25) is 9.59 Å². The topological polar surface area (TPSA) is 157 Å². The van der Waals surface area contributed by atoms with Crippen LogP contribution in [0, 0.1) is 5.92 Å². The molecule has 0 heterocycles. The normalized spacial score (nSPS) is 12.4. The average molecular weight is 527 g/mol. The highest BCUT2D eigenvalue weighted by atomic mass is 35.5. The van der Waals surface area contributed by atoms with Gasteiger partial charge in [-0.15, -0.1) is 0 Å². The van der Waals surface area contributed by atoms with Gasteiger partial charge in [0.15, 0.2) is 5.78 Å². The molecule has 12 heteroatoms. The van der Waals surface area contributed by atoms with Gasteiger partial charge < -0.3 is 30.0 Å². The van der Waals surface area contributed by atoms with E-state index in [1.165, 1.54) is 6.92 Å². The zero-order chi connectivity index (χ0) is 28.6. The summed E-state index contributed by atoms with van der Waals surface area (Å²) in [5.74, 6) is -0.737. The van der Waals surface area contributed by atoms with Crippen LogP contribution in [0.5, 0.6) is 0 Å². The number of ether oxygens (including phenoxy) is 3. The molecular formula is C23H43ClN2O9. The van der Waals surface area contributed by atoms with Gasteiger partial charge in [-0.25, -0.2) is 14.4 Å². The van der Waals surface area contributed by atoms with E-state index in [0.29, 0.717) is 18.9 Å². The summed E-state index contributed by atoms with van der Waals surface area (Å²) < 4.78 is 14.3. The van der Waals surface area contributed by atoms with Crippen molar-refractivity contribution in [2.75, 3.05) is 6.61 Å². The molecule has 0 aromatic heterocycles. The molecule has 0 aliphatic heterocycles. The summed E-state index contributed by atoms with van der Waals surface area (Å²) >= 11 is 4.86. The van der Waals surface area contributed by atoms with Crippen molar-refractivity contribution in [3.63, 3.8) is 0 Å². The molecule has 0 fully saturated rings. The third kappa shape index (κ3) is 29.4. The van der Waals surface area contributed by atoms with Gasteiger partial charge in [0.25, 0.3) is 0 Å². The largest absolute Gasteiger partial charge is 0.480 e. The maximum Gasteiger partial charge on any atom is 0.408 e. The number of carbonyl (C=O) groups is 5. The first-order valence-corrected chi connectivity index (χ1v) is 11.6. The van der Waals surface area contributed by atoms with Crippen molar-refractivity contribution in [3.05, 3.63) is 0 Å². The van der Waals surface area contributed by atoms with Gasteiger partial charge in [0.1, 0.15) is 17.2 Å². The molecule has 0 spiro atoms. The van der Waals surface area contributed by atoms with Crippen molar-refractivity contribution in [2.45, 2.75) is 106 Å². The molecule has 11 nitrogen and oxygen atoms in total. The number of amides is 2. The van der Waals surface area contributed by atoms with Crippen molar-refractivity contribution in [2.24, 2.45) is 5.92 Å². The molecule has 206 valence electrons. The Morgan fingerprint density at radius 2 is 1.17 bits per heavy atom. The zero-order valence-corrected chi connectivity index (χ0v) is 23.5. The quantitative estimate of drug-likeness (QED) is 0.310. The number of aliphatic carboxylic acids is 1. The van der Waals surface area contributed by atoms with Crippen LogP contribution < -0.4 is 10.6 Å². The maximum absolute atomic E-state index is 11.2. The average Bonchev–Trinajstić information content (AvgIpc) is 2.63. The molecule has 0 rings (SSSR count). The molecule has 0 aromatic carbocycles. The minimum absolute atomic E-state index is 0.00383. The predicted molar refractivity (Wildman–Crippen MR) is 133 cm³/mol. The molecule has 2 atom stereocenters. The van der Waals surface area contributed by atoms with Crippen molar-refractivity contribution in [1.29, 1.82) is 0 Å². The van der Waals surface area contributed by atoms with Crippen LogP contribution in [-0.2, 0) is 23.8 Å². The van der Waals surface area contributed by atoms with E-state index in [2.05, 4.69) is 15.4 Å². The summed E-state index contributed by atoms with van der Waals surface area (Å²) in [6, 6.07) is -1.41. The van der Waals surface area contributed by atoms with Gasteiger partial charge in [0, 0.05) is 18.0 Å². The van der Waals surface area contributed by atoms with E-state index in [0.717, 1.165) is 0 Å². The first kappa shape index (κ1) is 37.0. The monoisotopic (exact) mass is 526 g/mol. The van der Waals surface area contributed by atoms with E-state index in [4.69, 9.17) is 26.2 Å². The Hall–Kier alpha value is -2.56. The van der Waals surface area contributed by atoms with Crippen LogP contribution in [0.1, 0.15) is 82.6 Å². The van der Waals surface area contributed by atoms with E-state index in [-0.39, 0.29) is 5.78 Å². The second-order valence-electron chi connectivity index (χ2n) is 9.84. The number of Topliss-reactive ketones (excluding diaryl/α,β-unsaturated/α-hetero) is 1. The number of alkyl carbamates (subject to hydrolysis) is 2. The van der Waals surface area contributed by atoms with Crippen molar-refractivity contribution >= 4 is 41.0 Å². The minimum Gasteiger partial charge on any atom is -0.480 e. The Labute approximate surface area is 213 Å². The second kappa shape index (κ2) is 17.8. The molecule has 0 aromatic rings. The van der Waals surface area contributed by atoms with Crippen LogP contribution >= 0.6 is 11.6 Å². The fourth-order valence-electron chi connectivity index (χ4n) is 1.65. The van der Waals surface area contributed by atoms with Crippen LogP contribution in [0.25, 0.3) is 0 Å². The van der Waals surface area contributed by atoms with Gasteiger partial charge in [-0.1, -0.05) is 20.8 Å². The Balaban J connectivity index is -0.000000456. The highest BCUT2D eigenvalue weighted by molar-refractivity contribution is 6.61. The fraction of sp³-hybridized carbons (Fsp3) is 0.783. The number of nitrogens with one attached hydrogen (secondary N) is 2. The van der Waals surface area contributed by atoms with Crippen LogP contribution in [-0.4, -0.2) is 64.4 Å². The number of halogens is 1. The number of hydrogen-bond donors (Lipinski definition) is 3. The van der Waals surface area contributed by atoms with Crippen molar-refractivity contribution in [3.8, 4) is 0 Å². The minimum atomic E-state index is -1.09. The van der Waals surface area contributed by atoms with Gasteiger partial charge in [-0.2, -0.15) is 0 Å². The summed E-state index contributed by atoms with van der Waals surface area (Å²) in [5.41, 5.74) is -1.86. The lowest BCUT2D eigenvalue weighted by Gasteiger charge is -2.21. The van der Waals surface area contributed by atoms with Crippen molar-refractivity contribution < 1.29 is 43.3 Å². The number of carboxylic acids is 1. The fourth-order valence-corrected chi connectivity index (χ4v) is 1.71. The van der Waals surface area contributed by atoms with Crippen LogP contribution in [0.3, 0.4) is 0 Å². The molecule has 0 aliphatic rings. The van der Waals surface area contributed by atoms with E-state index in [1.807, 2.05) is 13.8 Å². The summed E-state index contributed by atoms with van der Waals surface area (Å²) in [5, 5.41) is 13.1. The molecule has 0 unspecified atom stereocenters. The summed E-state index contributed by atoms with van der Waals surface area (Å²) in [7, 11) is 0. The standard InChI is InChI=1S/C10H19NO3.C8H15NO4.C5H9ClO2/c1-6-8(12)7(2)11-9(13)14-10(3,4)5;1-5(6(10)11)9-7(12)13-8(2,3)4;1-4(2)3-8-5(6)7/h7H,6H2,1-5H3,(H,11,13);5H,1-4H3,(H,9,12)(H,10,11);4H,3H2,1-2H3/t7-;5-;/m00./s1. The molecule has 0 aliphatic carbocycles. The number of carboxylic acid groups (broad SMARTS) is 1. The van der Waals surface area contributed by atoms with Gasteiger partial charge in [-0.05, 0) is 61.3 Å². The smallest absolute Gasteiger partial charge is 0.408 e. The Bertz CT molecular complexity index is 683.